The fourth-order valence-electron chi connectivity index (χ4n) is 1.08. The van der Waals surface area contributed by atoms with E-state index < -0.39 is 0 Å². The van der Waals surface area contributed by atoms with E-state index in [1.165, 1.54) is 0 Å². The summed E-state index contributed by atoms with van der Waals surface area (Å²) < 4.78 is 1.81. The van der Waals surface area contributed by atoms with Gasteiger partial charge in [0.2, 0.25) is 0 Å². The van der Waals surface area contributed by atoms with Gasteiger partial charge in [-0.1, -0.05) is 23.2 Å². The summed E-state index contributed by atoms with van der Waals surface area (Å²) >= 11 is 11.6. The van der Waals surface area contributed by atoms with E-state index in [1.807, 2.05) is 7.05 Å². The van der Waals surface area contributed by atoms with Gasteiger partial charge < -0.3 is 4.57 Å². The van der Waals surface area contributed by atoms with E-state index in [1.54, 1.807) is 17.0 Å². The molecule has 2 heterocycles. The fraction of sp³-hybridized carbons (Fsp3) is 0.143. The largest absolute Gasteiger partial charge is 0.331 e. The molecular weight excluding hydrogens is 197 g/mol. The molecule has 0 aliphatic heterocycles. The van der Waals surface area contributed by atoms with Gasteiger partial charge in [-0.3, -0.25) is 0 Å². The quantitative estimate of drug-likeness (QED) is 0.613. The molecular formula is C7H5Cl2N3. The average Bonchev–Trinajstić information content (AvgIpc) is 2.31. The first-order valence-corrected chi connectivity index (χ1v) is 4.07. The molecule has 0 aliphatic carbocycles. The second kappa shape index (κ2) is 2.61. The number of nitrogens with zero attached hydrogens (tertiary/aromatic N) is 3. The summed E-state index contributed by atoms with van der Waals surface area (Å²) in [6.45, 7) is 0. The molecule has 0 aromatic carbocycles. The smallest absolute Gasteiger partial charge is 0.180 e. The Morgan fingerprint density at radius 3 is 2.92 bits per heavy atom. The van der Waals surface area contributed by atoms with Crippen LogP contribution in [0.25, 0.3) is 11.2 Å². The van der Waals surface area contributed by atoms with Gasteiger partial charge in [-0.2, -0.15) is 0 Å². The van der Waals surface area contributed by atoms with Crippen molar-refractivity contribution in [2.45, 2.75) is 0 Å². The van der Waals surface area contributed by atoms with Crippen molar-refractivity contribution in [2.24, 2.45) is 7.05 Å². The number of aromatic nitrogens is 3. The van der Waals surface area contributed by atoms with Crippen LogP contribution in [0.15, 0.2) is 12.4 Å². The molecule has 0 N–H and O–H groups in total. The number of hydrogen-bond donors (Lipinski definition) is 0. The van der Waals surface area contributed by atoms with Crippen LogP contribution in [-0.2, 0) is 7.05 Å². The second-order valence-electron chi connectivity index (χ2n) is 2.45. The minimum absolute atomic E-state index is 0.367. The normalized spacial score (nSPS) is 10.9. The van der Waals surface area contributed by atoms with Crippen LogP contribution < -0.4 is 0 Å². The zero-order valence-electron chi connectivity index (χ0n) is 6.25. The third-order valence-electron chi connectivity index (χ3n) is 1.60. The lowest BCUT2D eigenvalue weighted by Crippen LogP contribution is -1.86. The molecule has 0 atom stereocenters. The predicted molar refractivity (Wildman–Crippen MR) is 48.5 cm³/mol. The summed E-state index contributed by atoms with van der Waals surface area (Å²) in [6, 6.07) is 1.60. The van der Waals surface area contributed by atoms with E-state index in [4.69, 9.17) is 23.2 Å². The molecule has 12 heavy (non-hydrogen) atoms. The molecule has 2 rings (SSSR count). The van der Waals surface area contributed by atoms with Gasteiger partial charge in [0.05, 0.1) is 11.3 Å². The summed E-state index contributed by atoms with van der Waals surface area (Å²) in [7, 11) is 1.86. The van der Waals surface area contributed by atoms with Crippen molar-refractivity contribution in [3.8, 4) is 0 Å². The first-order chi connectivity index (χ1) is 5.68. The Bertz CT molecular complexity index is 435. The van der Waals surface area contributed by atoms with Crippen molar-refractivity contribution in [3.63, 3.8) is 0 Å². The maximum Gasteiger partial charge on any atom is 0.180 e. The Hall–Kier alpha value is -0.800. The molecule has 0 amide bonds. The summed E-state index contributed by atoms with van der Waals surface area (Å²) in [6.07, 6.45) is 1.65. The number of pyridine rings is 1. The van der Waals surface area contributed by atoms with Crippen molar-refractivity contribution >= 4 is 34.4 Å². The van der Waals surface area contributed by atoms with Crippen molar-refractivity contribution < 1.29 is 0 Å². The summed E-state index contributed by atoms with van der Waals surface area (Å²) in [5.74, 6) is 0. The van der Waals surface area contributed by atoms with E-state index in [0.29, 0.717) is 15.8 Å². The molecule has 0 fully saturated rings. The van der Waals surface area contributed by atoms with Crippen LogP contribution in [0.5, 0.6) is 0 Å². The van der Waals surface area contributed by atoms with Crippen molar-refractivity contribution in [1.29, 1.82) is 0 Å². The molecule has 0 bridgehead atoms. The van der Waals surface area contributed by atoms with E-state index in [0.717, 1.165) is 5.52 Å². The Kier molecular flexibility index (Phi) is 1.70. The lowest BCUT2D eigenvalue weighted by molar-refractivity contribution is 0.948. The molecule has 0 spiro atoms. The average molecular weight is 202 g/mol. The minimum Gasteiger partial charge on any atom is -0.331 e. The second-order valence-corrected chi connectivity index (χ2v) is 3.25. The topological polar surface area (TPSA) is 30.7 Å². The maximum absolute atomic E-state index is 5.92. The molecule has 2 aromatic rings. The highest BCUT2D eigenvalue weighted by molar-refractivity contribution is 6.37. The summed E-state index contributed by atoms with van der Waals surface area (Å²) in [4.78, 5) is 8.03. The summed E-state index contributed by atoms with van der Waals surface area (Å²) in [5, 5.41) is 0.941. The lowest BCUT2D eigenvalue weighted by Gasteiger charge is -1.96. The highest BCUT2D eigenvalue weighted by Crippen LogP contribution is 2.23. The molecule has 2 aromatic heterocycles. The Labute approximate surface area is 78.9 Å². The van der Waals surface area contributed by atoms with Crippen LogP contribution >= 0.6 is 23.2 Å². The SMILES string of the molecule is Cn1cnc2nc(Cl)cc(Cl)c21. The molecule has 0 saturated heterocycles. The zero-order chi connectivity index (χ0) is 8.72. The Morgan fingerprint density at radius 1 is 1.42 bits per heavy atom. The van der Waals surface area contributed by atoms with Crippen LogP contribution in [0.2, 0.25) is 10.2 Å². The minimum atomic E-state index is 0.367. The molecule has 3 nitrogen and oxygen atoms in total. The van der Waals surface area contributed by atoms with Crippen LogP contribution in [0.4, 0.5) is 0 Å². The third-order valence-corrected chi connectivity index (χ3v) is 2.08. The molecule has 0 radical (unpaired) electrons. The predicted octanol–water partition coefficient (Wildman–Crippen LogP) is 2.28. The van der Waals surface area contributed by atoms with Gasteiger partial charge in [-0.15, -0.1) is 0 Å². The number of halogens is 2. The van der Waals surface area contributed by atoms with E-state index in [2.05, 4.69) is 9.97 Å². The van der Waals surface area contributed by atoms with E-state index in [-0.39, 0.29) is 0 Å². The highest BCUT2D eigenvalue weighted by atomic mass is 35.5. The van der Waals surface area contributed by atoms with Gasteiger partial charge in [0, 0.05) is 7.05 Å². The molecule has 0 saturated carbocycles. The van der Waals surface area contributed by atoms with Gasteiger partial charge in [0.1, 0.15) is 10.7 Å². The number of hydrogen-bond acceptors (Lipinski definition) is 2. The van der Waals surface area contributed by atoms with Gasteiger partial charge in [0.15, 0.2) is 5.65 Å². The van der Waals surface area contributed by atoms with Crippen LogP contribution in [0.3, 0.4) is 0 Å². The van der Waals surface area contributed by atoms with Crippen molar-refractivity contribution in [3.05, 3.63) is 22.6 Å². The molecule has 0 aliphatic rings. The number of rotatable bonds is 0. The Balaban J connectivity index is 2.93. The van der Waals surface area contributed by atoms with Crippen molar-refractivity contribution in [2.75, 3.05) is 0 Å². The van der Waals surface area contributed by atoms with Gasteiger partial charge >= 0.3 is 0 Å². The zero-order valence-corrected chi connectivity index (χ0v) is 7.76. The van der Waals surface area contributed by atoms with Gasteiger partial charge in [-0.25, -0.2) is 9.97 Å². The van der Waals surface area contributed by atoms with Gasteiger partial charge in [-0.05, 0) is 6.07 Å². The standard InChI is InChI=1S/C7H5Cl2N3/c1-12-3-10-7-6(12)4(8)2-5(9)11-7/h2-3H,1H3. The highest BCUT2D eigenvalue weighted by Gasteiger charge is 2.06. The van der Waals surface area contributed by atoms with Gasteiger partial charge in [0.25, 0.3) is 0 Å². The number of imidazole rings is 1. The van der Waals surface area contributed by atoms with Crippen LogP contribution in [0, 0.1) is 0 Å². The third kappa shape index (κ3) is 1.06. The monoisotopic (exact) mass is 201 g/mol. The maximum atomic E-state index is 5.92. The summed E-state index contributed by atoms with van der Waals surface area (Å²) in [5.41, 5.74) is 1.39. The first kappa shape index (κ1) is 7.83. The number of fused-ring (bicyclic) bond motifs is 1. The van der Waals surface area contributed by atoms with Crippen LogP contribution in [0.1, 0.15) is 0 Å². The fourth-order valence-corrected chi connectivity index (χ4v) is 1.65. The van der Waals surface area contributed by atoms with Crippen molar-refractivity contribution in [1.82, 2.24) is 14.5 Å². The lowest BCUT2D eigenvalue weighted by atomic mass is 10.4. The number of aryl methyl sites for hydroxylation is 1. The molecule has 62 valence electrons. The first-order valence-electron chi connectivity index (χ1n) is 3.31. The molecule has 0 unspecified atom stereocenters. The molecule has 5 heteroatoms. The van der Waals surface area contributed by atoms with Crippen LogP contribution in [-0.4, -0.2) is 14.5 Å². The van der Waals surface area contributed by atoms with E-state index >= 15 is 0 Å². The van der Waals surface area contributed by atoms with E-state index in [9.17, 15) is 0 Å². The Morgan fingerprint density at radius 2 is 2.17 bits per heavy atom.